The minimum Gasteiger partial charge on any atom is -0.394 e. The molecule has 9 aliphatic rings. The van der Waals surface area contributed by atoms with Gasteiger partial charge in [-0.2, -0.15) is 0 Å². The smallest absolute Gasteiger partial charge is 0.187 e. The summed E-state index contributed by atoms with van der Waals surface area (Å²) in [7, 11) is 0. The highest BCUT2D eigenvalue weighted by Gasteiger charge is 2.69. The summed E-state index contributed by atoms with van der Waals surface area (Å²) in [6.45, 7) is 8.20. The van der Waals surface area contributed by atoms with Crippen molar-refractivity contribution in [1.29, 1.82) is 0 Å². The summed E-state index contributed by atoms with van der Waals surface area (Å²) >= 11 is 0. The number of rotatable bonds is 9. The number of fused-ring (bicyclic) bond motifs is 7. The SMILES string of the molecule is CC1C2C(CC3C4CCC5CC(O[C@@H]6O[C@H](CO)[C@@H](O[C@@H]7O[C@H](CO)[C@@H](O)[C@H](O)[C@H]7O)[C@H](O[C@@H]7O[C@H](CO)[C@@H](O)[C@H](O)[C@H]7O)C6O)CC[C@]5(C)C4CC[C@@]32C)OC12CC[C@H](C)CO2. The molecule has 63 heavy (non-hydrogen) atoms. The highest BCUT2D eigenvalue weighted by atomic mass is 16.8. The van der Waals surface area contributed by atoms with E-state index in [0.29, 0.717) is 47.8 Å². The molecule has 4 aliphatic carbocycles. The minimum atomic E-state index is -1.87. The van der Waals surface area contributed by atoms with Crippen molar-refractivity contribution in [2.24, 2.45) is 52.3 Å². The molecule has 9 fully saturated rings. The van der Waals surface area contributed by atoms with Crippen molar-refractivity contribution < 1.29 is 89.0 Å². The molecule has 5 saturated heterocycles. The first-order chi connectivity index (χ1) is 30.0. The van der Waals surface area contributed by atoms with E-state index in [1.807, 2.05) is 0 Å². The van der Waals surface area contributed by atoms with Crippen LogP contribution in [0.3, 0.4) is 0 Å². The lowest BCUT2D eigenvalue weighted by atomic mass is 9.44. The molecule has 5 aliphatic heterocycles. The lowest BCUT2D eigenvalue weighted by molar-refractivity contribution is -0.390. The van der Waals surface area contributed by atoms with E-state index in [4.69, 9.17) is 37.9 Å². The van der Waals surface area contributed by atoms with E-state index in [2.05, 4.69) is 27.7 Å². The molecule has 1 spiro atoms. The molecule has 0 bridgehead atoms. The number of hydrogen-bond donors (Lipinski definition) is 10. The summed E-state index contributed by atoms with van der Waals surface area (Å²) in [4.78, 5) is 0. The molecule has 4 saturated carbocycles. The van der Waals surface area contributed by atoms with Gasteiger partial charge in [-0.05, 0) is 104 Å². The molecule has 0 aromatic carbocycles. The van der Waals surface area contributed by atoms with Gasteiger partial charge in [-0.3, -0.25) is 0 Å². The second kappa shape index (κ2) is 18.0. The Balaban J connectivity index is 0.894. The summed E-state index contributed by atoms with van der Waals surface area (Å²) in [5.41, 5.74) is 0.303. The third kappa shape index (κ3) is 7.88. The molecule has 0 aromatic rings. The quantitative estimate of drug-likeness (QED) is 0.128. The van der Waals surface area contributed by atoms with Gasteiger partial charge in [-0.25, -0.2) is 0 Å². The summed E-state index contributed by atoms with van der Waals surface area (Å²) in [6.07, 6.45) is -14.5. The maximum Gasteiger partial charge on any atom is 0.187 e. The fraction of sp³-hybridized carbons (Fsp3) is 1.00. The van der Waals surface area contributed by atoms with E-state index in [1.54, 1.807) is 0 Å². The second-order valence-corrected chi connectivity index (χ2v) is 21.5. The molecule has 27 atom stereocenters. The largest absolute Gasteiger partial charge is 0.394 e. The molecule has 10 N–H and O–H groups in total. The van der Waals surface area contributed by atoms with Gasteiger partial charge in [-0.1, -0.05) is 27.7 Å². The van der Waals surface area contributed by atoms with Crippen LogP contribution in [0.15, 0.2) is 0 Å². The van der Waals surface area contributed by atoms with Gasteiger partial charge >= 0.3 is 0 Å². The Hall–Kier alpha value is -0.720. The van der Waals surface area contributed by atoms with Crippen LogP contribution < -0.4 is 0 Å². The van der Waals surface area contributed by atoms with Crippen molar-refractivity contribution in [3.8, 4) is 0 Å². The average molecular weight is 903 g/mol. The Kier molecular flexibility index (Phi) is 13.5. The second-order valence-electron chi connectivity index (χ2n) is 21.5. The predicted molar refractivity (Wildman–Crippen MR) is 216 cm³/mol. The van der Waals surface area contributed by atoms with Crippen LogP contribution in [-0.2, 0) is 37.9 Å². The average Bonchev–Trinajstić information content (AvgIpc) is 3.72. The molecule has 5 heterocycles. The van der Waals surface area contributed by atoms with Gasteiger partial charge in [0.25, 0.3) is 0 Å². The first kappa shape index (κ1) is 47.4. The van der Waals surface area contributed by atoms with Crippen molar-refractivity contribution in [2.45, 2.75) is 202 Å². The predicted octanol–water partition coefficient (Wildman–Crippen LogP) is -0.734. The third-order valence-electron chi connectivity index (χ3n) is 18.3. The lowest BCUT2D eigenvalue weighted by Crippen LogP contribution is -2.67. The van der Waals surface area contributed by atoms with Crippen LogP contribution in [0.1, 0.15) is 91.9 Å². The molecule has 10 unspecified atom stereocenters. The van der Waals surface area contributed by atoms with Crippen LogP contribution in [0.25, 0.3) is 0 Å². The first-order valence-electron chi connectivity index (χ1n) is 23.8. The van der Waals surface area contributed by atoms with Crippen LogP contribution in [0.5, 0.6) is 0 Å². The van der Waals surface area contributed by atoms with Crippen molar-refractivity contribution in [2.75, 3.05) is 26.4 Å². The van der Waals surface area contributed by atoms with E-state index in [-0.39, 0.29) is 23.0 Å². The maximum atomic E-state index is 12.0. The fourth-order valence-electron chi connectivity index (χ4n) is 14.7. The maximum absolute atomic E-state index is 12.0. The Morgan fingerprint density at radius 1 is 0.556 bits per heavy atom. The third-order valence-corrected chi connectivity index (χ3v) is 18.3. The van der Waals surface area contributed by atoms with E-state index < -0.39 is 118 Å². The summed E-state index contributed by atoms with van der Waals surface area (Å²) in [5, 5.41) is 106. The topological polar surface area (TPSA) is 276 Å². The first-order valence-corrected chi connectivity index (χ1v) is 23.8. The van der Waals surface area contributed by atoms with Crippen molar-refractivity contribution in [3.05, 3.63) is 0 Å². The molecule has 18 heteroatoms. The molecule has 0 amide bonds. The summed E-state index contributed by atoms with van der Waals surface area (Å²) in [6, 6.07) is 0. The molecule has 9 rings (SSSR count). The normalized spacial score (nSPS) is 58.2. The van der Waals surface area contributed by atoms with E-state index >= 15 is 0 Å². The Bertz CT molecular complexity index is 1570. The Morgan fingerprint density at radius 3 is 1.75 bits per heavy atom. The minimum absolute atomic E-state index is 0.0941. The highest BCUT2D eigenvalue weighted by molar-refractivity contribution is 5.15. The van der Waals surface area contributed by atoms with Crippen molar-refractivity contribution >= 4 is 0 Å². The van der Waals surface area contributed by atoms with E-state index in [1.165, 1.54) is 12.8 Å². The lowest BCUT2D eigenvalue weighted by Gasteiger charge is -2.61. The fourth-order valence-corrected chi connectivity index (χ4v) is 14.7. The van der Waals surface area contributed by atoms with Crippen LogP contribution in [-0.4, -0.2) is 188 Å². The van der Waals surface area contributed by atoms with Crippen molar-refractivity contribution in [3.63, 3.8) is 0 Å². The molecular formula is C45H74O18. The number of hydrogen-bond acceptors (Lipinski definition) is 18. The number of ether oxygens (including phenoxy) is 8. The van der Waals surface area contributed by atoms with Crippen LogP contribution >= 0.6 is 0 Å². The molecule has 0 radical (unpaired) electrons. The monoisotopic (exact) mass is 902 g/mol. The van der Waals surface area contributed by atoms with Crippen molar-refractivity contribution in [1.82, 2.24) is 0 Å². The zero-order valence-corrected chi connectivity index (χ0v) is 37.0. The Labute approximate surface area is 369 Å². The van der Waals surface area contributed by atoms with Gasteiger partial charge in [0, 0.05) is 12.3 Å². The van der Waals surface area contributed by atoms with Gasteiger partial charge in [-0.15, -0.1) is 0 Å². The van der Waals surface area contributed by atoms with E-state index in [0.717, 1.165) is 51.6 Å². The molecule has 362 valence electrons. The van der Waals surface area contributed by atoms with Gasteiger partial charge in [0.05, 0.1) is 38.6 Å². The highest BCUT2D eigenvalue weighted by Crippen LogP contribution is 2.71. The summed E-state index contributed by atoms with van der Waals surface area (Å²) < 4.78 is 49.7. The van der Waals surface area contributed by atoms with Gasteiger partial charge in [0.15, 0.2) is 24.7 Å². The van der Waals surface area contributed by atoms with Gasteiger partial charge in [0.2, 0.25) is 0 Å². The summed E-state index contributed by atoms with van der Waals surface area (Å²) in [5.74, 6) is 3.12. The Morgan fingerprint density at radius 2 is 1.14 bits per heavy atom. The van der Waals surface area contributed by atoms with Crippen LogP contribution in [0.4, 0.5) is 0 Å². The molecular weight excluding hydrogens is 828 g/mol. The van der Waals surface area contributed by atoms with Gasteiger partial charge in [0.1, 0.15) is 73.2 Å². The number of aliphatic hydroxyl groups is 10. The van der Waals surface area contributed by atoms with E-state index in [9.17, 15) is 51.1 Å². The zero-order valence-electron chi connectivity index (χ0n) is 37.0. The zero-order chi connectivity index (χ0) is 44.9. The standard InChI is InChI=1S/C45H74O18/c1-19-7-12-45(56-18-19)20(2)30-26(63-45)14-25-23-6-5-21-13-22(8-10-43(21,3)24(23)9-11-44(25,30)4)57-42-37(55)39(62-41-36(54)34(52)32(50)28(16-47)59-41)38(29(17-48)60-42)61-40-35(53)33(51)31(49)27(15-46)58-40/h19-42,46-55H,5-18H2,1-4H3/t19-,20?,21?,22?,23?,24?,25?,26?,27+,28+,29+,30?,31+,32+,33-,34-,35+,36+,37?,38+,39+,40-,41-,42+,43-,44-,45?/m0/s1. The number of aliphatic hydroxyl groups excluding tert-OH is 10. The molecule has 18 nitrogen and oxygen atoms in total. The molecule has 0 aromatic heterocycles. The van der Waals surface area contributed by atoms with Crippen LogP contribution in [0, 0.1) is 52.3 Å². The van der Waals surface area contributed by atoms with Gasteiger partial charge < -0.3 is 89.0 Å². The van der Waals surface area contributed by atoms with Crippen LogP contribution in [0.2, 0.25) is 0 Å².